The maximum absolute atomic E-state index is 5.29. The van der Waals surface area contributed by atoms with E-state index in [1.54, 1.807) is 0 Å². The van der Waals surface area contributed by atoms with Crippen LogP contribution in [0.1, 0.15) is 27.7 Å². The van der Waals surface area contributed by atoms with Gasteiger partial charge in [-0.1, -0.05) is 13.8 Å². The summed E-state index contributed by atoms with van der Waals surface area (Å²) < 4.78 is 10.2. The molecule has 0 rings (SSSR count). The summed E-state index contributed by atoms with van der Waals surface area (Å²) in [5.41, 5.74) is 5.29. The van der Waals surface area contributed by atoms with Gasteiger partial charge >= 0.3 is 0 Å². The largest absolute Gasteiger partial charge is 0.352 e. The molecular formula is C8H21NO2. The summed E-state index contributed by atoms with van der Waals surface area (Å²) >= 11 is 0. The van der Waals surface area contributed by atoms with Crippen LogP contribution in [0.3, 0.4) is 0 Å². The fourth-order valence-corrected chi connectivity index (χ4v) is 0.556. The molecule has 0 aliphatic heterocycles. The molecule has 0 aromatic heterocycles. The Morgan fingerprint density at radius 3 is 1.64 bits per heavy atom. The first-order valence-corrected chi connectivity index (χ1v) is 4.28. The molecule has 0 unspecified atom stereocenters. The van der Waals surface area contributed by atoms with E-state index in [0.29, 0.717) is 19.8 Å². The van der Waals surface area contributed by atoms with Gasteiger partial charge in [0.2, 0.25) is 0 Å². The molecule has 0 amide bonds. The predicted molar refractivity (Wildman–Crippen MR) is 47.4 cm³/mol. The van der Waals surface area contributed by atoms with E-state index in [-0.39, 0.29) is 6.29 Å². The third kappa shape index (κ3) is 9.88. The molecule has 0 aromatic carbocycles. The minimum atomic E-state index is -0.208. The summed E-state index contributed by atoms with van der Waals surface area (Å²) in [4.78, 5) is 0. The van der Waals surface area contributed by atoms with Gasteiger partial charge in [0, 0.05) is 19.8 Å². The lowest BCUT2D eigenvalue weighted by atomic mass is 10.6. The summed E-state index contributed by atoms with van der Waals surface area (Å²) in [5, 5.41) is 0. The summed E-state index contributed by atoms with van der Waals surface area (Å²) in [6, 6.07) is 0. The van der Waals surface area contributed by atoms with Gasteiger partial charge in [0.1, 0.15) is 0 Å². The van der Waals surface area contributed by atoms with Gasteiger partial charge in [-0.25, -0.2) is 0 Å². The highest BCUT2D eigenvalue weighted by Gasteiger charge is 2.01. The second-order valence-electron chi connectivity index (χ2n) is 1.58. The average molecular weight is 163 g/mol. The van der Waals surface area contributed by atoms with E-state index in [4.69, 9.17) is 15.2 Å². The Bertz CT molecular complexity index is 54.1. The van der Waals surface area contributed by atoms with Crippen molar-refractivity contribution in [3.8, 4) is 0 Å². The van der Waals surface area contributed by atoms with Crippen molar-refractivity contribution in [2.75, 3.05) is 19.8 Å². The Hall–Kier alpha value is -0.120. The Labute approximate surface area is 69.9 Å². The molecule has 0 fully saturated rings. The van der Waals surface area contributed by atoms with Gasteiger partial charge in [0.05, 0.1) is 0 Å². The van der Waals surface area contributed by atoms with Gasteiger partial charge in [-0.3, -0.25) is 0 Å². The molecule has 0 heterocycles. The zero-order valence-electron chi connectivity index (χ0n) is 8.09. The van der Waals surface area contributed by atoms with Crippen molar-refractivity contribution in [2.45, 2.75) is 34.0 Å². The molecule has 0 bridgehead atoms. The number of ether oxygens (including phenoxy) is 2. The van der Waals surface area contributed by atoms with Gasteiger partial charge in [0.15, 0.2) is 6.29 Å². The predicted octanol–water partition coefficient (Wildman–Crippen LogP) is 1.37. The van der Waals surface area contributed by atoms with Gasteiger partial charge in [-0.2, -0.15) is 0 Å². The SMILES string of the molecule is CC.CCOC(CN)OCC. The second kappa shape index (κ2) is 12.5. The Morgan fingerprint density at radius 2 is 1.45 bits per heavy atom. The summed E-state index contributed by atoms with van der Waals surface area (Å²) in [6.07, 6.45) is -0.208. The van der Waals surface area contributed by atoms with Crippen molar-refractivity contribution < 1.29 is 9.47 Å². The molecule has 3 heteroatoms. The highest BCUT2D eigenvalue weighted by Crippen LogP contribution is 1.90. The topological polar surface area (TPSA) is 44.5 Å². The number of hydrogen-bond acceptors (Lipinski definition) is 3. The standard InChI is InChI=1S/C6H15NO2.C2H6/c1-3-8-6(5-7)9-4-2;1-2/h6H,3-5,7H2,1-2H3;1-2H3. The van der Waals surface area contributed by atoms with Gasteiger partial charge in [0.25, 0.3) is 0 Å². The van der Waals surface area contributed by atoms with Crippen LogP contribution in [-0.4, -0.2) is 26.0 Å². The fourth-order valence-electron chi connectivity index (χ4n) is 0.556. The van der Waals surface area contributed by atoms with Crippen molar-refractivity contribution in [3.63, 3.8) is 0 Å². The molecule has 70 valence electrons. The van der Waals surface area contributed by atoms with E-state index in [9.17, 15) is 0 Å². The van der Waals surface area contributed by atoms with E-state index in [2.05, 4.69) is 0 Å². The maximum atomic E-state index is 5.29. The zero-order chi connectivity index (χ0) is 9.11. The summed E-state index contributed by atoms with van der Waals surface area (Å²) in [7, 11) is 0. The molecule has 3 nitrogen and oxygen atoms in total. The van der Waals surface area contributed by atoms with Crippen molar-refractivity contribution in [1.82, 2.24) is 0 Å². The van der Waals surface area contributed by atoms with Crippen LogP contribution in [0.4, 0.5) is 0 Å². The maximum Gasteiger partial charge on any atom is 0.169 e. The Morgan fingerprint density at radius 1 is 1.09 bits per heavy atom. The molecule has 0 radical (unpaired) electrons. The van der Waals surface area contributed by atoms with Crippen LogP contribution in [0.25, 0.3) is 0 Å². The van der Waals surface area contributed by atoms with E-state index < -0.39 is 0 Å². The van der Waals surface area contributed by atoms with Crippen LogP contribution in [0, 0.1) is 0 Å². The first-order valence-electron chi connectivity index (χ1n) is 4.28. The first-order chi connectivity index (χ1) is 5.35. The number of hydrogen-bond donors (Lipinski definition) is 1. The summed E-state index contributed by atoms with van der Waals surface area (Å²) in [6.45, 7) is 9.58. The molecule has 0 aliphatic rings. The number of nitrogens with two attached hydrogens (primary N) is 1. The van der Waals surface area contributed by atoms with Crippen LogP contribution in [0.2, 0.25) is 0 Å². The molecule has 0 saturated heterocycles. The molecular weight excluding hydrogens is 142 g/mol. The highest BCUT2D eigenvalue weighted by atomic mass is 16.7. The minimum Gasteiger partial charge on any atom is -0.352 e. The lowest BCUT2D eigenvalue weighted by molar-refractivity contribution is -0.128. The third-order valence-electron chi connectivity index (χ3n) is 0.898. The van der Waals surface area contributed by atoms with Crippen molar-refractivity contribution in [2.24, 2.45) is 5.73 Å². The Kier molecular flexibility index (Phi) is 15.4. The van der Waals surface area contributed by atoms with Crippen molar-refractivity contribution in [1.29, 1.82) is 0 Å². The van der Waals surface area contributed by atoms with E-state index in [1.165, 1.54) is 0 Å². The normalized spacial score (nSPS) is 9.27. The minimum absolute atomic E-state index is 0.208. The third-order valence-corrected chi connectivity index (χ3v) is 0.898. The smallest absolute Gasteiger partial charge is 0.169 e. The fraction of sp³-hybridized carbons (Fsp3) is 1.00. The van der Waals surface area contributed by atoms with Crippen molar-refractivity contribution >= 4 is 0 Å². The molecule has 0 atom stereocenters. The van der Waals surface area contributed by atoms with Crippen LogP contribution in [0.5, 0.6) is 0 Å². The quantitative estimate of drug-likeness (QED) is 0.622. The second-order valence-corrected chi connectivity index (χ2v) is 1.58. The van der Waals surface area contributed by atoms with Gasteiger partial charge in [-0.15, -0.1) is 0 Å². The summed E-state index contributed by atoms with van der Waals surface area (Å²) in [5.74, 6) is 0. The molecule has 0 spiro atoms. The molecule has 11 heavy (non-hydrogen) atoms. The molecule has 0 aromatic rings. The van der Waals surface area contributed by atoms with Crippen LogP contribution in [-0.2, 0) is 9.47 Å². The first kappa shape index (κ1) is 13.5. The van der Waals surface area contributed by atoms with Crippen LogP contribution in [0.15, 0.2) is 0 Å². The van der Waals surface area contributed by atoms with E-state index in [0.717, 1.165) is 0 Å². The van der Waals surface area contributed by atoms with E-state index >= 15 is 0 Å². The number of rotatable bonds is 5. The molecule has 0 aliphatic carbocycles. The highest BCUT2D eigenvalue weighted by molar-refractivity contribution is 4.41. The van der Waals surface area contributed by atoms with Crippen LogP contribution < -0.4 is 5.73 Å². The van der Waals surface area contributed by atoms with Crippen LogP contribution >= 0.6 is 0 Å². The molecule has 2 N–H and O–H groups in total. The Balaban J connectivity index is 0. The monoisotopic (exact) mass is 163 g/mol. The van der Waals surface area contributed by atoms with E-state index in [1.807, 2.05) is 27.7 Å². The molecule has 0 saturated carbocycles. The lowest BCUT2D eigenvalue weighted by Crippen LogP contribution is -2.26. The van der Waals surface area contributed by atoms with Gasteiger partial charge < -0.3 is 15.2 Å². The average Bonchev–Trinajstić information content (AvgIpc) is 2.08. The van der Waals surface area contributed by atoms with Gasteiger partial charge in [-0.05, 0) is 13.8 Å². The van der Waals surface area contributed by atoms with Crippen molar-refractivity contribution in [3.05, 3.63) is 0 Å². The zero-order valence-corrected chi connectivity index (χ0v) is 8.09. The lowest BCUT2D eigenvalue weighted by Gasteiger charge is -2.13.